The Bertz CT molecular complexity index is 500. The fraction of sp³-hybridized carbons (Fsp3) is 0.632. The maximum Gasteiger partial charge on any atom is 0.221 e. The molecule has 1 saturated heterocycles. The molecule has 0 bridgehead atoms. The Morgan fingerprint density at radius 3 is 2.72 bits per heavy atom. The monoisotopic (exact) mass is 365 g/mol. The molecule has 2 rings (SSSR count). The van der Waals surface area contributed by atoms with Gasteiger partial charge in [0.2, 0.25) is 5.91 Å². The van der Waals surface area contributed by atoms with E-state index in [0.717, 1.165) is 49.0 Å². The van der Waals surface area contributed by atoms with Gasteiger partial charge in [0.15, 0.2) is 0 Å². The minimum Gasteiger partial charge on any atom is -0.492 e. The third-order valence-electron chi connectivity index (χ3n) is 4.41. The molecule has 6 heteroatoms. The van der Waals surface area contributed by atoms with Crippen molar-refractivity contribution in [3.63, 3.8) is 0 Å². The van der Waals surface area contributed by atoms with Gasteiger partial charge in [0.05, 0.1) is 0 Å². The molecule has 1 unspecified atom stereocenters. The Labute approximate surface area is 155 Å². The zero-order chi connectivity index (χ0) is 17.9. The number of benzene rings is 1. The lowest BCUT2D eigenvalue weighted by atomic mass is 10.2. The van der Waals surface area contributed by atoms with Crippen LogP contribution in [0.15, 0.2) is 24.3 Å². The van der Waals surface area contributed by atoms with Crippen LogP contribution in [0.1, 0.15) is 25.8 Å². The van der Waals surface area contributed by atoms with Crippen LogP contribution in [0.3, 0.4) is 0 Å². The van der Waals surface area contributed by atoms with Crippen LogP contribution >= 0.6 is 11.8 Å². The maximum absolute atomic E-state index is 12.0. The zero-order valence-corrected chi connectivity index (χ0v) is 16.2. The van der Waals surface area contributed by atoms with E-state index in [4.69, 9.17) is 4.74 Å². The topological polar surface area (TPSA) is 53.6 Å². The number of nitrogens with one attached hydrogen (secondary N) is 2. The quantitative estimate of drug-likeness (QED) is 0.665. The summed E-state index contributed by atoms with van der Waals surface area (Å²) in [5.74, 6) is 3.15. The number of hydrogen-bond acceptors (Lipinski definition) is 5. The van der Waals surface area contributed by atoms with Crippen molar-refractivity contribution in [2.45, 2.75) is 32.9 Å². The van der Waals surface area contributed by atoms with Crippen molar-refractivity contribution in [2.24, 2.45) is 0 Å². The molecule has 1 aliphatic heterocycles. The van der Waals surface area contributed by atoms with Crippen LogP contribution in [0, 0.1) is 0 Å². The summed E-state index contributed by atoms with van der Waals surface area (Å²) >= 11 is 1.91. The minimum absolute atomic E-state index is 0.111. The Kier molecular flexibility index (Phi) is 9.15. The van der Waals surface area contributed by atoms with Crippen molar-refractivity contribution in [1.82, 2.24) is 15.5 Å². The predicted octanol–water partition coefficient (Wildman–Crippen LogP) is 2.12. The first-order chi connectivity index (χ1) is 12.2. The molecule has 0 aliphatic carbocycles. The first-order valence-corrected chi connectivity index (χ1v) is 10.4. The van der Waals surface area contributed by atoms with Crippen molar-refractivity contribution in [1.29, 1.82) is 0 Å². The third-order valence-corrected chi connectivity index (χ3v) is 5.54. The summed E-state index contributed by atoms with van der Waals surface area (Å²) in [5, 5.41) is 6.39. The van der Waals surface area contributed by atoms with E-state index in [9.17, 15) is 4.79 Å². The van der Waals surface area contributed by atoms with Gasteiger partial charge in [0, 0.05) is 43.6 Å². The molecule has 1 heterocycles. The minimum atomic E-state index is 0.111. The zero-order valence-electron chi connectivity index (χ0n) is 15.4. The van der Waals surface area contributed by atoms with Crippen LogP contribution in [0.2, 0.25) is 0 Å². The Morgan fingerprint density at radius 1 is 1.32 bits per heavy atom. The fourth-order valence-corrected chi connectivity index (χ4v) is 3.73. The van der Waals surface area contributed by atoms with Crippen molar-refractivity contribution < 1.29 is 9.53 Å². The highest BCUT2D eigenvalue weighted by Gasteiger charge is 2.16. The highest BCUT2D eigenvalue weighted by molar-refractivity contribution is 7.99. The van der Waals surface area contributed by atoms with Crippen LogP contribution in [-0.2, 0) is 11.3 Å². The third kappa shape index (κ3) is 7.67. The van der Waals surface area contributed by atoms with E-state index in [2.05, 4.69) is 29.4 Å². The normalized spacial score (nSPS) is 17.5. The summed E-state index contributed by atoms with van der Waals surface area (Å²) in [5.41, 5.74) is 1.09. The van der Waals surface area contributed by atoms with Crippen LogP contribution in [-0.4, -0.2) is 61.1 Å². The lowest BCUT2D eigenvalue weighted by Crippen LogP contribution is -2.41. The molecule has 2 N–H and O–H groups in total. The number of amides is 1. The van der Waals surface area contributed by atoms with E-state index < -0.39 is 0 Å². The number of nitrogens with zero attached hydrogens (tertiary/aromatic N) is 1. The van der Waals surface area contributed by atoms with E-state index in [1.54, 1.807) is 0 Å². The molecular formula is C19H31N3O2S. The smallest absolute Gasteiger partial charge is 0.221 e. The van der Waals surface area contributed by atoms with Gasteiger partial charge < -0.3 is 20.3 Å². The largest absolute Gasteiger partial charge is 0.492 e. The van der Waals surface area contributed by atoms with Crippen LogP contribution in [0.25, 0.3) is 0 Å². The van der Waals surface area contributed by atoms with Gasteiger partial charge in [0.1, 0.15) is 12.4 Å². The van der Waals surface area contributed by atoms with Crippen molar-refractivity contribution in [3.8, 4) is 5.75 Å². The van der Waals surface area contributed by atoms with Gasteiger partial charge in [-0.1, -0.05) is 26.0 Å². The molecule has 1 fully saturated rings. The first-order valence-electron chi connectivity index (χ1n) is 9.23. The summed E-state index contributed by atoms with van der Waals surface area (Å²) in [7, 11) is 0. The van der Waals surface area contributed by atoms with Gasteiger partial charge in [-0.3, -0.25) is 4.79 Å². The summed E-state index contributed by atoms with van der Waals surface area (Å²) in [6.07, 6.45) is 0.555. The Hall–Kier alpha value is -1.24. The summed E-state index contributed by atoms with van der Waals surface area (Å²) in [4.78, 5) is 14.4. The van der Waals surface area contributed by atoms with Gasteiger partial charge >= 0.3 is 0 Å². The van der Waals surface area contributed by atoms with Crippen LogP contribution < -0.4 is 15.4 Å². The van der Waals surface area contributed by atoms with E-state index >= 15 is 0 Å². The fourth-order valence-electron chi connectivity index (χ4n) is 2.78. The molecule has 0 saturated carbocycles. The molecule has 140 valence electrons. The summed E-state index contributed by atoms with van der Waals surface area (Å²) in [6, 6.07) is 8.29. The molecule has 5 nitrogen and oxygen atoms in total. The molecule has 0 spiro atoms. The van der Waals surface area contributed by atoms with Crippen molar-refractivity contribution >= 4 is 17.7 Å². The number of hydrogen-bond donors (Lipinski definition) is 2. The highest BCUT2D eigenvalue weighted by atomic mass is 32.2. The average Bonchev–Trinajstić information content (AvgIpc) is 2.65. The molecule has 1 amide bonds. The average molecular weight is 366 g/mol. The van der Waals surface area contributed by atoms with E-state index in [0.29, 0.717) is 25.6 Å². The van der Waals surface area contributed by atoms with Gasteiger partial charge in [-0.15, -0.1) is 0 Å². The summed E-state index contributed by atoms with van der Waals surface area (Å²) in [6.45, 7) is 9.63. The number of likely N-dealkylation sites (N-methyl/N-ethyl adjacent to an activating group) is 1. The molecule has 0 radical (unpaired) electrons. The van der Waals surface area contributed by atoms with Gasteiger partial charge in [-0.05, 0) is 30.8 Å². The first kappa shape index (κ1) is 20.1. The van der Waals surface area contributed by atoms with Gasteiger partial charge in [-0.25, -0.2) is 0 Å². The molecule has 25 heavy (non-hydrogen) atoms. The predicted molar refractivity (Wildman–Crippen MR) is 105 cm³/mol. The second-order valence-electron chi connectivity index (χ2n) is 6.23. The van der Waals surface area contributed by atoms with Crippen LogP contribution in [0.5, 0.6) is 5.75 Å². The van der Waals surface area contributed by atoms with Crippen molar-refractivity contribution in [3.05, 3.63) is 29.8 Å². The Balaban J connectivity index is 1.66. The number of ether oxygens (including phenoxy) is 1. The molecule has 1 aliphatic rings. The van der Waals surface area contributed by atoms with E-state index in [1.165, 1.54) is 0 Å². The molecular weight excluding hydrogens is 334 g/mol. The SMILES string of the molecule is CCN(CC)CCOc1ccc(CNC(=O)CC2CSCCN2)cc1. The van der Waals surface area contributed by atoms with E-state index in [-0.39, 0.29) is 5.91 Å². The Morgan fingerprint density at radius 2 is 2.08 bits per heavy atom. The maximum atomic E-state index is 12.0. The molecule has 1 aromatic carbocycles. The molecule has 1 aromatic rings. The van der Waals surface area contributed by atoms with Gasteiger partial charge in [0.25, 0.3) is 0 Å². The molecule has 1 atom stereocenters. The number of thioether (sulfide) groups is 1. The number of rotatable bonds is 10. The lowest BCUT2D eigenvalue weighted by Gasteiger charge is -2.22. The number of carbonyl (C=O) groups is 1. The van der Waals surface area contributed by atoms with Crippen molar-refractivity contribution in [2.75, 3.05) is 44.3 Å². The second kappa shape index (κ2) is 11.4. The summed E-state index contributed by atoms with van der Waals surface area (Å²) < 4.78 is 5.78. The number of carbonyl (C=O) groups excluding carboxylic acids is 1. The van der Waals surface area contributed by atoms with Crippen LogP contribution in [0.4, 0.5) is 0 Å². The lowest BCUT2D eigenvalue weighted by molar-refractivity contribution is -0.121. The standard InChI is InChI=1S/C19H31N3O2S/c1-3-22(4-2)10-11-24-18-7-5-16(6-8-18)14-21-19(23)13-17-15-25-12-9-20-17/h5-8,17,20H,3-4,9-15H2,1-2H3,(H,21,23). The van der Waals surface area contributed by atoms with Gasteiger partial charge in [-0.2, -0.15) is 11.8 Å². The van der Waals surface area contributed by atoms with E-state index in [1.807, 2.05) is 36.0 Å². The molecule has 0 aromatic heterocycles. The highest BCUT2D eigenvalue weighted by Crippen LogP contribution is 2.13. The second-order valence-corrected chi connectivity index (χ2v) is 7.38.